The molecule has 2 aromatic rings. The van der Waals surface area contributed by atoms with Crippen molar-refractivity contribution >= 4 is 29.9 Å². The largest absolute Gasteiger partial charge is 0.497 e. The fraction of sp³-hybridized carbons (Fsp3) is 0.474. The molecule has 0 atom stereocenters. The van der Waals surface area contributed by atoms with E-state index in [0.717, 1.165) is 35.4 Å². The number of rotatable bonds is 7. The maximum Gasteiger partial charge on any atom is 0.193 e. The summed E-state index contributed by atoms with van der Waals surface area (Å²) in [6.45, 7) is 6.08. The van der Waals surface area contributed by atoms with Gasteiger partial charge in [0.15, 0.2) is 5.96 Å². The third kappa shape index (κ3) is 6.30. The van der Waals surface area contributed by atoms with Crippen LogP contribution in [0.25, 0.3) is 0 Å². The normalized spacial score (nSPS) is 11.0. The molecule has 27 heavy (non-hydrogen) atoms. The Morgan fingerprint density at radius 2 is 1.85 bits per heavy atom. The summed E-state index contributed by atoms with van der Waals surface area (Å²) in [6.07, 6.45) is 0. The summed E-state index contributed by atoms with van der Waals surface area (Å²) >= 11 is 0. The highest BCUT2D eigenvalue weighted by molar-refractivity contribution is 14.0. The molecule has 0 aliphatic heterocycles. The van der Waals surface area contributed by atoms with E-state index in [-0.39, 0.29) is 24.0 Å². The standard InChI is InChI=1S/C19H29N5O2.HI/c1-14-18(15(2)24(5)22-14)13-21-19(20-3)23(4)11-12-26-17-9-7-16(25-6)8-10-17;/h7-10H,11-13H2,1-6H3,(H,20,21);1H. The minimum Gasteiger partial charge on any atom is -0.497 e. The van der Waals surface area contributed by atoms with E-state index in [1.807, 2.05) is 54.9 Å². The van der Waals surface area contributed by atoms with E-state index in [1.165, 1.54) is 5.56 Å². The van der Waals surface area contributed by atoms with Gasteiger partial charge in [-0.2, -0.15) is 5.10 Å². The second-order valence-corrected chi connectivity index (χ2v) is 6.12. The maximum atomic E-state index is 5.78. The quantitative estimate of drug-likeness (QED) is 0.370. The van der Waals surface area contributed by atoms with Crippen LogP contribution >= 0.6 is 24.0 Å². The topological polar surface area (TPSA) is 63.9 Å². The Labute approximate surface area is 178 Å². The summed E-state index contributed by atoms with van der Waals surface area (Å²) in [5, 5.41) is 7.84. The van der Waals surface area contributed by atoms with Gasteiger partial charge >= 0.3 is 0 Å². The van der Waals surface area contributed by atoms with Crippen molar-refractivity contribution < 1.29 is 9.47 Å². The van der Waals surface area contributed by atoms with Crippen LogP contribution in [0.3, 0.4) is 0 Å². The first kappa shape index (κ1) is 23.1. The first-order chi connectivity index (χ1) is 12.5. The van der Waals surface area contributed by atoms with E-state index in [0.29, 0.717) is 13.2 Å². The van der Waals surface area contributed by atoms with Gasteiger partial charge in [0.1, 0.15) is 18.1 Å². The molecule has 150 valence electrons. The number of ether oxygens (including phenoxy) is 2. The molecule has 2 rings (SSSR count). The predicted molar refractivity (Wildman–Crippen MR) is 119 cm³/mol. The Morgan fingerprint density at radius 3 is 2.37 bits per heavy atom. The van der Waals surface area contributed by atoms with E-state index in [2.05, 4.69) is 22.3 Å². The van der Waals surface area contributed by atoms with Crippen LogP contribution in [0.1, 0.15) is 17.0 Å². The molecule has 1 N–H and O–H groups in total. The fourth-order valence-electron chi connectivity index (χ4n) is 2.70. The zero-order chi connectivity index (χ0) is 19.1. The Hall–Kier alpha value is -1.97. The predicted octanol–water partition coefficient (Wildman–Crippen LogP) is 2.75. The lowest BCUT2D eigenvalue weighted by molar-refractivity contribution is 0.281. The third-order valence-corrected chi connectivity index (χ3v) is 4.41. The van der Waals surface area contributed by atoms with Crippen molar-refractivity contribution in [3.63, 3.8) is 0 Å². The molecule has 7 nitrogen and oxygen atoms in total. The van der Waals surface area contributed by atoms with E-state index in [4.69, 9.17) is 9.47 Å². The van der Waals surface area contributed by atoms with Crippen molar-refractivity contribution in [1.82, 2.24) is 20.0 Å². The number of aryl methyl sites for hydroxylation is 2. The lowest BCUT2D eigenvalue weighted by Gasteiger charge is -2.22. The molecule has 0 saturated heterocycles. The molecule has 8 heteroatoms. The summed E-state index contributed by atoms with van der Waals surface area (Å²) in [5.74, 6) is 2.47. The molecule has 0 aliphatic rings. The summed E-state index contributed by atoms with van der Waals surface area (Å²) in [5.41, 5.74) is 3.41. The summed E-state index contributed by atoms with van der Waals surface area (Å²) in [6, 6.07) is 7.58. The van der Waals surface area contributed by atoms with Gasteiger partial charge in [0.2, 0.25) is 0 Å². The number of likely N-dealkylation sites (N-methyl/N-ethyl adjacent to an activating group) is 1. The van der Waals surface area contributed by atoms with Crippen molar-refractivity contribution in [2.75, 3.05) is 34.4 Å². The first-order valence-electron chi connectivity index (χ1n) is 8.64. The number of aromatic nitrogens is 2. The number of hydrogen-bond acceptors (Lipinski definition) is 4. The van der Waals surface area contributed by atoms with Crippen LogP contribution < -0.4 is 14.8 Å². The van der Waals surface area contributed by atoms with Crippen LogP contribution in [-0.2, 0) is 13.6 Å². The highest BCUT2D eigenvalue weighted by atomic mass is 127. The molecule has 0 bridgehead atoms. The molecular formula is C19H30IN5O2. The minimum absolute atomic E-state index is 0. The molecule has 1 heterocycles. The minimum atomic E-state index is 0. The number of nitrogens with zero attached hydrogens (tertiary/aromatic N) is 4. The van der Waals surface area contributed by atoms with Crippen LogP contribution in [0.2, 0.25) is 0 Å². The number of guanidine groups is 1. The molecule has 0 aliphatic carbocycles. The van der Waals surface area contributed by atoms with Gasteiger partial charge in [0.05, 0.1) is 19.3 Å². The molecule has 0 unspecified atom stereocenters. The molecule has 1 aromatic heterocycles. The average molecular weight is 487 g/mol. The van der Waals surface area contributed by atoms with Gasteiger partial charge in [0, 0.05) is 38.9 Å². The third-order valence-electron chi connectivity index (χ3n) is 4.41. The van der Waals surface area contributed by atoms with Gasteiger partial charge in [-0.1, -0.05) is 0 Å². The van der Waals surface area contributed by atoms with E-state index < -0.39 is 0 Å². The van der Waals surface area contributed by atoms with Crippen molar-refractivity contribution in [3.05, 3.63) is 41.2 Å². The zero-order valence-corrected chi connectivity index (χ0v) is 19.3. The van der Waals surface area contributed by atoms with Crippen molar-refractivity contribution in [3.8, 4) is 11.5 Å². The number of nitrogens with one attached hydrogen (secondary N) is 1. The monoisotopic (exact) mass is 487 g/mol. The first-order valence-corrected chi connectivity index (χ1v) is 8.64. The van der Waals surface area contributed by atoms with Gasteiger partial charge in [-0.25, -0.2) is 0 Å². The van der Waals surface area contributed by atoms with Crippen molar-refractivity contribution in [1.29, 1.82) is 0 Å². The van der Waals surface area contributed by atoms with Gasteiger partial charge in [-0.3, -0.25) is 9.67 Å². The zero-order valence-electron chi connectivity index (χ0n) is 16.9. The molecule has 0 amide bonds. The van der Waals surface area contributed by atoms with Crippen LogP contribution in [-0.4, -0.2) is 55.0 Å². The Bertz CT molecular complexity index is 743. The maximum absolute atomic E-state index is 5.78. The SMILES string of the molecule is CN=C(NCc1c(C)nn(C)c1C)N(C)CCOc1ccc(OC)cc1.I. The average Bonchev–Trinajstić information content (AvgIpc) is 2.88. The van der Waals surface area contributed by atoms with E-state index in [1.54, 1.807) is 14.2 Å². The fourth-order valence-corrected chi connectivity index (χ4v) is 2.70. The Morgan fingerprint density at radius 1 is 1.22 bits per heavy atom. The van der Waals surface area contributed by atoms with Crippen LogP contribution in [0.15, 0.2) is 29.3 Å². The van der Waals surface area contributed by atoms with Crippen molar-refractivity contribution in [2.45, 2.75) is 20.4 Å². The number of methoxy groups -OCH3 is 1. The van der Waals surface area contributed by atoms with Gasteiger partial charge in [0.25, 0.3) is 0 Å². The highest BCUT2D eigenvalue weighted by Gasteiger charge is 2.11. The van der Waals surface area contributed by atoms with Crippen LogP contribution in [0.4, 0.5) is 0 Å². The second-order valence-electron chi connectivity index (χ2n) is 6.12. The Kier molecular flexibility index (Phi) is 9.40. The molecule has 0 radical (unpaired) electrons. The summed E-state index contributed by atoms with van der Waals surface area (Å²) in [4.78, 5) is 6.40. The Balaban J connectivity index is 0.00000364. The summed E-state index contributed by atoms with van der Waals surface area (Å²) in [7, 11) is 7.39. The summed E-state index contributed by atoms with van der Waals surface area (Å²) < 4.78 is 12.8. The van der Waals surface area contributed by atoms with Gasteiger partial charge in [-0.15, -0.1) is 24.0 Å². The van der Waals surface area contributed by atoms with Gasteiger partial charge in [-0.05, 0) is 38.1 Å². The van der Waals surface area contributed by atoms with Crippen molar-refractivity contribution in [2.24, 2.45) is 12.0 Å². The van der Waals surface area contributed by atoms with Gasteiger partial charge < -0.3 is 19.7 Å². The number of aliphatic imine (C=N–C) groups is 1. The van der Waals surface area contributed by atoms with E-state index in [9.17, 15) is 0 Å². The highest BCUT2D eigenvalue weighted by Crippen LogP contribution is 2.16. The smallest absolute Gasteiger partial charge is 0.193 e. The molecule has 0 saturated carbocycles. The molecule has 0 spiro atoms. The van der Waals surface area contributed by atoms with Crippen LogP contribution in [0.5, 0.6) is 11.5 Å². The second kappa shape index (κ2) is 11.0. The van der Waals surface area contributed by atoms with Crippen LogP contribution in [0, 0.1) is 13.8 Å². The lowest BCUT2D eigenvalue weighted by atomic mass is 10.2. The molecule has 0 fully saturated rings. The lowest BCUT2D eigenvalue weighted by Crippen LogP contribution is -2.40. The molecular weight excluding hydrogens is 457 g/mol. The molecule has 1 aromatic carbocycles. The van der Waals surface area contributed by atoms with E-state index >= 15 is 0 Å². The number of benzene rings is 1. The number of hydrogen-bond donors (Lipinski definition) is 1. The number of halogens is 1.